The van der Waals surface area contributed by atoms with Crippen LogP contribution in [-0.2, 0) is 11.2 Å². The molecule has 0 aliphatic carbocycles. The number of hydrogen-bond acceptors (Lipinski definition) is 2. The lowest BCUT2D eigenvalue weighted by Crippen LogP contribution is -2.52. The van der Waals surface area contributed by atoms with Crippen LogP contribution in [0.2, 0.25) is 5.02 Å². The molecule has 1 saturated heterocycles. The largest absolute Gasteiger partial charge is 0.339 e. The van der Waals surface area contributed by atoms with E-state index in [9.17, 15) is 9.59 Å². The number of benzene rings is 2. The molecule has 136 valence electrons. The smallest absolute Gasteiger partial charge is 0.321 e. The van der Waals surface area contributed by atoms with E-state index in [1.165, 1.54) is 0 Å². The van der Waals surface area contributed by atoms with Crippen molar-refractivity contribution in [1.29, 1.82) is 0 Å². The van der Waals surface area contributed by atoms with Crippen molar-refractivity contribution in [1.82, 2.24) is 9.80 Å². The Labute approximate surface area is 158 Å². The van der Waals surface area contributed by atoms with Gasteiger partial charge in [0.1, 0.15) is 0 Å². The number of anilines is 1. The van der Waals surface area contributed by atoms with Gasteiger partial charge >= 0.3 is 6.03 Å². The van der Waals surface area contributed by atoms with E-state index in [4.69, 9.17) is 11.6 Å². The fraction of sp³-hybridized carbons (Fsp3) is 0.300. The van der Waals surface area contributed by atoms with Crippen LogP contribution >= 0.6 is 11.6 Å². The minimum atomic E-state index is -0.154. The summed E-state index contributed by atoms with van der Waals surface area (Å²) in [6.07, 6.45) is 0.406. The third-order valence-corrected chi connectivity index (χ3v) is 4.87. The van der Waals surface area contributed by atoms with Crippen molar-refractivity contribution in [3.05, 3.63) is 64.7 Å². The molecule has 0 radical (unpaired) electrons. The number of carbonyl (C=O) groups excluding carboxylic acids is 2. The van der Waals surface area contributed by atoms with Gasteiger partial charge in [0.15, 0.2) is 0 Å². The normalized spacial score (nSPS) is 14.2. The molecule has 2 aromatic carbocycles. The van der Waals surface area contributed by atoms with Gasteiger partial charge in [-0.3, -0.25) is 4.79 Å². The second-order valence-corrected chi connectivity index (χ2v) is 6.84. The maximum absolute atomic E-state index is 12.5. The molecule has 0 unspecified atom stereocenters. The monoisotopic (exact) mass is 371 g/mol. The highest BCUT2D eigenvalue weighted by Crippen LogP contribution is 2.15. The van der Waals surface area contributed by atoms with Crippen LogP contribution in [0.3, 0.4) is 0 Å². The summed E-state index contributed by atoms with van der Waals surface area (Å²) in [4.78, 5) is 28.4. The topological polar surface area (TPSA) is 52.7 Å². The van der Waals surface area contributed by atoms with Gasteiger partial charge < -0.3 is 15.1 Å². The fourth-order valence-corrected chi connectivity index (χ4v) is 3.10. The summed E-state index contributed by atoms with van der Waals surface area (Å²) in [7, 11) is 0. The van der Waals surface area contributed by atoms with E-state index in [0.29, 0.717) is 43.3 Å². The van der Waals surface area contributed by atoms with E-state index in [1.807, 2.05) is 36.1 Å². The minimum absolute atomic E-state index is 0.108. The summed E-state index contributed by atoms with van der Waals surface area (Å²) >= 11 is 5.85. The number of piperazine rings is 1. The van der Waals surface area contributed by atoms with Gasteiger partial charge in [-0.1, -0.05) is 35.9 Å². The molecule has 2 aromatic rings. The van der Waals surface area contributed by atoms with Crippen molar-refractivity contribution in [3.8, 4) is 0 Å². The third-order valence-electron chi connectivity index (χ3n) is 4.62. The summed E-state index contributed by atoms with van der Waals surface area (Å²) < 4.78 is 0. The number of urea groups is 1. The van der Waals surface area contributed by atoms with E-state index in [-0.39, 0.29) is 11.9 Å². The molecule has 1 heterocycles. The minimum Gasteiger partial charge on any atom is -0.339 e. The molecule has 1 N–H and O–H groups in total. The predicted octanol–water partition coefficient (Wildman–Crippen LogP) is 3.57. The lowest BCUT2D eigenvalue weighted by molar-refractivity contribution is -0.131. The molecule has 0 spiro atoms. The van der Waals surface area contributed by atoms with Crippen LogP contribution in [0.1, 0.15) is 11.1 Å². The van der Waals surface area contributed by atoms with Crippen molar-refractivity contribution < 1.29 is 9.59 Å². The predicted molar refractivity (Wildman–Crippen MR) is 104 cm³/mol. The number of carbonyl (C=O) groups is 2. The Morgan fingerprint density at radius 1 is 0.962 bits per heavy atom. The van der Waals surface area contributed by atoms with Gasteiger partial charge in [-0.15, -0.1) is 0 Å². The number of amides is 3. The Bertz CT molecular complexity index is 784. The molecule has 6 heteroatoms. The first-order chi connectivity index (χ1) is 12.5. The van der Waals surface area contributed by atoms with Gasteiger partial charge in [-0.05, 0) is 42.3 Å². The number of rotatable bonds is 3. The molecule has 3 amide bonds. The number of nitrogens with one attached hydrogen (secondary N) is 1. The lowest BCUT2D eigenvalue weighted by atomic mass is 10.1. The Morgan fingerprint density at radius 3 is 2.23 bits per heavy atom. The molecule has 0 atom stereocenters. The SMILES string of the molecule is Cc1ccccc1CC(=O)N1CCN(C(=O)Nc2ccc(Cl)cc2)CC1. The van der Waals surface area contributed by atoms with Crippen LogP contribution in [0.15, 0.2) is 48.5 Å². The zero-order valence-corrected chi connectivity index (χ0v) is 15.5. The molecule has 3 rings (SSSR count). The Kier molecular flexibility index (Phi) is 5.78. The Morgan fingerprint density at radius 2 is 1.58 bits per heavy atom. The molecule has 0 saturated carbocycles. The highest BCUT2D eigenvalue weighted by molar-refractivity contribution is 6.30. The highest BCUT2D eigenvalue weighted by atomic mass is 35.5. The number of halogens is 1. The summed E-state index contributed by atoms with van der Waals surface area (Å²) in [5.74, 6) is 0.108. The van der Waals surface area contributed by atoms with Crippen molar-refractivity contribution >= 4 is 29.2 Å². The van der Waals surface area contributed by atoms with Crippen LogP contribution in [0.5, 0.6) is 0 Å². The standard InChI is InChI=1S/C20H22ClN3O2/c1-15-4-2-3-5-16(15)14-19(25)23-10-12-24(13-11-23)20(26)22-18-8-6-17(21)7-9-18/h2-9H,10-14H2,1H3,(H,22,26). The highest BCUT2D eigenvalue weighted by Gasteiger charge is 2.24. The second kappa shape index (κ2) is 8.23. The number of nitrogens with zero attached hydrogens (tertiary/aromatic N) is 2. The Hall–Kier alpha value is -2.53. The Balaban J connectivity index is 1.50. The van der Waals surface area contributed by atoms with Crippen LogP contribution in [0.4, 0.5) is 10.5 Å². The lowest BCUT2D eigenvalue weighted by Gasteiger charge is -2.34. The maximum Gasteiger partial charge on any atom is 0.321 e. The molecule has 1 aliphatic heterocycles. The molecule has 1 aliphatic rings. The average Bonchev–Trinajstić information content (AvgIpc) is 2.65. The third kappa shape index (κ3) is 4.55. The molecular formula is C20H22ClN3O2. The van der Waals surface area contributed by atoms with E-state index in [1.54, 1.807) is 29.2 Å². The zero-order valence-electron chi connectivity index (χ0n) is 14.7. The second-order valence-electron chi connectivity index (χ2n) is 6.41. The van der Waals surface area contributed by atoms with Crippen molar-refractivity contribution in [2.24, 2.45) is 0 Å². The van der Waals surface area contributed by atoms with E-state index in [0.717, 1.165) is 11.1 Å². The summed E-state index contributed by atoms with van der Waals surface area (Å²) in [5.41, 5.74) is 2.89. The molecule has 0 bridgehead atoms. The van der Waals surface area contributed by atoms with Gasteiger partial charge in [-0.2, -0.15) is 0 Å². The van der Waals surface area contributed by atoms with Crippen LogP contribution < -0.4 is 5.32 Å². The van der Waals surface area contributed by atoms with E-state index >= 15 is 0 Å². The quantitative estimate of drug-likeness (QED) is 0.896. The van der Waals surface area contributed by atoms with Crippen LogP contribution in [0.25, 0.3) is 0 Å². The first-order valence-electron chi connectivity index (χ1n) is 8.67. The molecule has 26 heavy (non-hydrogen) atoms. The molecule has 5 nitrogen and oxygen atoms in total. The van der Waals surface area contributed by atoms with Gasteiger partial charge in [-0.25, -0.2) is 4.79 Å². The summed E-state index contributed by atoms with van der Waals surface area (Å²) in [6.45, 7) is 4.18. The number of hydrogen-bond donors (Lipinski definition) is 1. The molecular weight excluding hydrogens is 350 g/mol. The maximum atomic E-state index is 12.5. The van der Waals surface area contributed by atoms with Crippen LogP contribution in [0, 0.1) is 6.92 Å². The van der Waals surface area contributed by atoms with Gasteiger partial charge in [0, 0.05) is 36.9 Å². The van der Waals surface area contributed by atoms with Gasteiger partial charge in [0.25, 0.3) is 0 Å². The van der Waals surface area contributed by atoms with Crippen molar-refractivity contribution in [3.63, 3.8) is 0 Å². The molecule has 0 aromatic heterocycles. The van der Waals surface area contributed by atoms with E-state index in [2.05, 4.69) is 5.32 Å². The molecule has 1 fully saturated rings. The first kappa shape index (κ1) is 18.3. The van der Waals surface area contributed by atoms with Gasteiger partial charge in [0.2, 0.25) is 5.91 Å². The van der Waals surface area contributed by atoms with Gasteiger partial charge in [0.05, 0.1) is 6.42 Å². The van der Waals surface area contributed by atoms with Crippen molar-refractivity contribution in [2.75, 3.05) is 31.5 Å². The number of aryl methyl sites for hydroxylation is 1. The van der Waals surface area contributed by atoms with E-state index < -0.39 is 0 Å². The van der Waals surface area contributed by atoms with Crippen molar-refractivity contribution in [2.45, 2.75) is 13.3 Å². The van der Waals surface area contributed by atoms with Crippen LogP contribution in [-0.4, -0.2) is 47.9 Å². The average molecular weight is 372 g/mol. The zero-order chi connectivity index (χ0) is 18.5. The first-order valence-corrected chi connectivity index (χ1v) is 9.04. The summed E-state index contributed by atoms with van der Waals surface area (Å²) in [5, 5.41) is 3.48. The fourth-order valence-electron chi connectivity index (χ4n) is 2.98. The summed E-state index contributed by atoms with van der Waals surface area (Å²) in [6, 6.07) is 14.8.